The Balaban J connectivity index is 1.76. The lowest BCUT2D eigenvalue weighted by Crippen LogP contribution is -2.38. The Bertz CT molecular complexity index is 594. The van der Waals surface area contributed by atoms with Crippen LogP contribution in [0.1, 0.15) is 18.9 Å². The second-order valence-corrected chi connectivity index (χ2v) is 6.99. The standard InChI is InChI=1S/C22H38N4O4/c1-3-23-22(24-9-6-13-28-18-17-27-2)25-19-20-7-4-5-8-21(20)30-16-12-26-10-14-29-15-11-26/h4-5,7-8H,3,6,9-19H2,1-2H3,(H2,23,24,25). The normalized spacial score (nSPS) is 15.2. The predicted molar refractivity (Wildman–Crippen MR) is 119 cm³/mol. The van der Waals surface area contributed by atoms with Crippen molar-refractivity contribution >= 4 is 5.96 Å². The van der Waals surface area contributed by atoms with Gasteiger partial charge in [0.25, 0.3) is 0 Å². The highest BCUT2D eigenvalue weighted by Crippen LogP contribution is 2.19. The summed E-state index contributed by atoms with van der Waals surface area (Å²) < 4.78 is 21.9. The third-order valence-electron chi connectivity index (χ3n) is 4.68. The summed E-state index contributed by atoms with van der Waals surface area (Å²) in [4.78, 5) is 7.09. The van der Waals surface area contributed by atoms with E-state index in [1.807, 2.05) is 18.2 Å². The summed E-state index contributed by atoms with van der Waals surface area (Å²) in [6.45, 7) is 11.4. The first-order chi connectivity index (χ1) is 14.8. The van der Waals surface area contributed by atoms with Crippen molar-refractivity contribution in [3.05, 3.63) is 29.8 Å². The van der Waals surface area contributed by atoms with E-state index in [1.165, 1.54) is 0 Å². The zero-order valence-electron chi connectivity index (χ0n) is 18.5. The number of benzene rings is 1. The van der Waals surface area contributed by atoms with Crippen molar-refractivity contribution in [2.45, 2.75) is 19.9 Å². The number of para-hydroxylation sites is 1. The second kappa shape index (κ2) is 15.9. The number of hydrogen-bond acceptors (Lipinski definition) is 6. The topological polar surface area (TPSA) is 76.6 Å². The molecular weight excluding hydrogens is 384 g/mol. The van der Waals surface area contributed by atoms with E-state index < -0.39 is 0 Å². The van der Waals surface area contributed by atoms with E-state index in [1.54, 1.807) is 7.11 Å². The Morgan fingerprint density at radius 3 is 2.73 bits per heavy atom. The molecule has 0 unspecified atom stereocenters. The number of ether oxygens (including phenoxy) is 4. The largest absolute Gasteiger partial charge is 0.492 e. The van der Waals surface area contributed by atoms with Crippen molar-refractivity contribution in [3.8, 4) is 5.75 Å². The van der Waals surface area contributed by atoms with Crippen LogP contribution in [0.5, 0.6) is 5.75 Å². The van der Waals surface area contributed by atoms with Gasteiger partial charge in [0.05, 0.1) is 33.0 Å². The minimum Gasteiger partial charge on any atom is -0.492 e. The molecule has 8 heteroatoms. The summed E-state index contributed by atoms with van der Waals surface area (Å²) in [6.07, 6.45) is 0.912. The second-order valence-electron chi connectivity index (χ2n) is 6.99. The van der Waals surface area contributed by atoms with Crippen LogP contribution in [0.25, 0.3) is 0 Å². The number of guanidine groups is 1. The SMILES string of the molecule is CCNC(=NCc1ccccc1OCCN1CCOCC1)NCCCOCCOC. The van der Waals surface area contributed by atoms with Crippen molar-refractivity contribution < 1.29 is 18.9 Å². The summed E-state index contributed by atoms with van der Waals surface area (Å²) in [7, 11) is 1.68. The Kier molecular flexibility index (Phi) is 12.9. The van der Waals surface area contributed by atoms with Crippen molar-refractivity contribution in [1.82, 2.24) is 15.5 Å². The molecule has 8 nitrogen and oxygen atoms in total. The van der Waals surface area contributed by atoms with Crippen LogP contribution in [-0.2, 0) is 20.8 Å². The molecule has 1 heterocycles. The molecule has 1 fully saturated rings. The van der Waals surface area contributed by atoms with Gasteiger partial charge in [0.1, 0.15) is 12.4 Å². The van der Waals surface area contributed by atoms with E-state index >= 15 is 0 Å². The van der Waals surface area contributed by atoms with Gasteiger partial charge in [0, 0.05) is 52.0 Å². The van der Waals surface area contributed by atoms with Gasteiger partial charge >= 0.3 is 0 Å². The van der Waals surface area contributed by atoms with Gasteiger partial charge < -0.3 is 29.6 Å². The molecular formula is C22H38N4O4. The van der Waals surface area contributed by atoms with Crippen LogP contribution in [-0.4, -0.2) is 90.3 Å². The number of methoxy groups -OCH3 is 1. The minimum atomic E-state index is 0.563. The third kappa shape index (κ3) is 10.2. The number of nitrogens with zero attached hydrogens (tertiary/aromatic N) is 2. The first-order valence-electron chi connectivity index (χ1n) is 10.9. The van der Waals surface area contributed by atoms with Crippen LogP contribution < -0.4 is 15.4 Å². The quantitative estimate of drug-likeness (QED) is 0.267. The molecule has 0 aliphatic carbocycles. The van der Waals surface area contributed by atoms with Crippen LogP contribution in [0.3, 0.4) is 0 Å². The van der Waals surface area contributed by atoms with Crippen LogP contribution in [0.15, 0.2) is 29.3 Å². The highest BCUT2D eigenvalue weighted by atomic mass is 16.5. The number of rotatable bonds is 14. The lowest BCUT2D eigenvalue weighted by molar-refractivity contribution is 0.0322. The van der Waals surface area contributed by atoms with Gasteiger partial charge in [-0.2, -0.15) is 0 Å². The van der Waals surface area contributed by atoms with Gasteiger partial charge in [-0.1, -0.05) is 18.2 Å². The highest BCUT2D eigenvalue weighted by molar-refractivity contribution is 5.79. The number of hydrogen-bond donors (Lipinski definition) is 2. The van der Waals surface area contributed by atoms with Gasteiger partial charge in [-0.3, -0.25) is 4.90 Å². The Hall–Kier alpha value is -1.87. The van der Waals surface area contributed by atoms with Crippen LogP contribution >= 0.6 is 0 Å². The van der Waals surface area contributed by atoms with E-state index in [4.69, 9.17) is 23.9 Å². The maximum atomic E-state index is 6.06. The zero-order chi connectivity index (χ0) is 21.3. The van der Waals surface area contributed by atoms with Gasteiger partial charge in [-0.15, -0.1) is 0 Å². The number of aliphatic imine (C=N–C) groups is 1. The molecule has 1 aliphatic rings. The van der Waals surface area contributed by atoms with Crippen molar-refractivity contribution in [2.75, 3.05) is 79.5 Å². The molecule has 0 aromatic heterocycles. The summed E-state index contributed by atoms with van der Waals surface area (Å²) in [6, 6.07) is 8.12. The van der Waals surface area contributed by atoms with E-state index in [-0.39, 0.29) is 0 Å². The van der Waals surface area contributed by atoms with Crippen LogP contribution in [0, 0.1) is 0 Å². The summed E-state index contributed by atoms with van der Waals surface area (Å²) in [5.41, 5.74) is 1.08. The minimum absolute atomic E-state index is 0.563. The Labute approximate surface area is 180 Å². The van der Waals surface area contributed by atoms with E-state index in [2.05, 4.69) is 28.5 Å². The average molecular weight is 423 g/mol. The third-order valence-corrected chi connectivity index (χ3v) is 4.68. The lowest BCUT2D eigenvalue weighted by atomic mass is 10.2. The van der Waals surface area contributed by atoms with Crippen LogP contribution in [0.2, 0.25) is 0 Å². The Morgan fingerprint density at radius 1 is 1.10 bits per heavy atom. The highest BCUT2D eigenvalue weighted by Gasteiger charge is 2.10. The molecule has 170 valence electrons. The fraction of sp³-hybridized carbons (Fsp3) is 0.682. The smallest absolute Gasteiger partial charge is 0.191 e. The summed E-state index contributed by atoms with van der Waals surface area (Å²) in [5.74, 6) is 1.70. The molecule has 1 aromatic rings. The van der Waals surface area contributed by atoms with Gasteiger partial charge in [0.15, 0.2) is 5.96 Å². The molecule has 1 aromatic carbocycles. The molecule has 2 N–H and O–H groups in total. The maximum absolute atomic E-state index is 6.06. The predicted octanol–water partition coefficient (Wildman–Crippen LogP) is 1.51. The van der Waals surface area contributed by atoms with Crippen molar-refractivity contribution in [3.63, 3.8) is 0 Å². The zero-order valence-corrected chi connectivity index (χ0v) is 18.5. The molecule has 0 bridgehead atoms. The van der Waals surface area contributed by atoms with E-state index in [0.717, 1.165) is 69.6 Å². The molecule has 0 saturated carbocycles. The molecule has 2 rings (SSSR count). The summed E-state index contributed by atoms with van der Waals surface area (Å²) in [5, 5.41) is 6.64. The molecule has 0 atom stereocenters. The van der Waals surface area contributed by atoms with Crippen molar-refractivity contribution in [2.24, 2.45) is 4.99 Å². The molecule has 0 spiro atoms. The first kappa shape index (κ1) is 24.4. The fourth-order valence-corrected chi connectivity index (χ4v) is 3.02. The van der Waals surface area contributed by atoms with Gasteiger partial charge in [-0.25, -0.2) is 4.99 Å². The molecule has 1 aliphatic heterocycles. The van der Waals surface area contributed by atoms with Gasteiger partial charge in [-0.05, 0) is 19.4 Å². The number of morpholine rings is 1. The van der Waals surface area contributed by atoms with Crippen molar-refractivity contribution in [1.29, 1.82) is 0 Å². The monoisotopic (exact) mass is 422 g/mol. The maximum Gasteiger partial charge on any atom is 0.191 e. The molecule has 30 heavy (non-hydrogen) atoms. The molecule has 0 amide bonds. The number of nitrogens with one attached hydrogen (secondary N) is 2. The fourth-order valence-electron chi connectivity index (χ4n) is 3.02. The average Bonchev–Trinajstić information content (AvgIpc) is 2.78. The van der Waals surface area contributed by atoms with Crippen LogP contribution in [0.4, 0.5) is 0 Å². The first-order valence-corrected chi connectivity index (χ1v) is 10.9. The Morgan fingerprint density at radius 2 is 1.93 bits per heavy atom. The van der Waals surface area contributed by atoms with E-state index in [0.29, 0.717) is 33.0 Å². The van der Waals surface area contributed by atoms with E-state index in [9.17, 15) is 0 Å². The van der Waals surface area contributed by atoms with Gasteiger partial charge in [0.2, 0.25) is 0 Å². The molecule has 0 radical (unpaired) electrons. The summed E-state index contributed by atoms with van der Waals surface area (Å²) >= 11 is 0. The lowest BCUT2D eigenvalue weighted by Gasteiger charge is -2.26. The molecule has 1 saturated heterocycles.